The number of hydrogen-bond donors (Lipinski definition) is 1. The number of halogens is 2. The lowest BCUT2D eigenvalue weighted by atomic mass is 10.0. The van der Waals surface area contributed by atoms with Crippen LogP contribution in [0.25, 0.3) is 0 Å². The Morgan fingerprint density at radius 1 is 1.00 bits per heavy atom. The molecule has 1 N–H and O–H groups in total. The number of nitrogens with one attached hydrogen (secondary N) is 1. The molecule has 1 amide bonds. The van der Waals surface area contributed by atoms with Gasteiger partial charge in [0, 0.05) is 18.8 Å². The monoisotopic (exact) mass is 444 g/mol. The summed E-state index contributed by atoms with van der Waals surface area (Å²) < 4.78 is 41.3. The Kier molecular flexibility index (Phi) is 5.60. The summed E-state index contributed by atoms with van der Waals surface area (Å²) in [7, 11) is -3.62. The Bertz CT molecular complexity index is 1200. The minimum atomic E-state index is -3.62. The summed E-state index contributed by atoms with van der Waals surface area (Å²) in [5.41, 5.74) is 2.01. The maximum atomic E-state index is 14.0. The van der Waals surface area contributed by atoms with Crippen LogP contribution in [0.5, 0.6) is 0 Å². The van der Waals surface area contributed by atoms with Gasteiger partial charge in [-0.1, -0.05) is 41.9 Å². The zero-order valence-electron chi connectivity index (χ0n) is 15.8. The lowest BCUT2D eigenvalue weighted by Gasteiger charge is -2.28. The first kappa shape index (κ1) is 20.5. The van der Waals surface area contributed by atoms with Gasteiger partial charge in [0.2, 0.25) is 10.0 Å². The van der Waals surface area contributed by atoms with E-state index in [0.717, 1.165) is 11.1 Å². The molecular formula is C22H18ClFN2O3S. The molecule has 0 unspecified atom stereocenters. The van der Waals surface area contributed by atoms with Crippen LogP contribution in [0.1, 0.15) is 21.5 Å². The fourth-order valence-corrected chi connectivity index (χ4v) is 5.15. The molecule has 3 aromatic rings. The van der Waals surface area contributed by atoms with Gasteiger partial charge in [-0.2, -0.15) is 4.31 Å². The van der Waals surface area contributed by atoms with Gasteiger partial charge in [0.1, 0.15) is 5.82 Å². The molecule has 0 saturated heterocycles. The molecule has 0 aliphatic carbocycles. The molecule has 0 atom stereocenters. The van der Waals surface area contributed by atoms with Crippen molar-refractivity contribution < 1.29 is 17.6 Å². The van der Waals surface area contributed by atoms with E-state index in [1.54, 1.807) is 42.5 Å². The highest BCUT2D eigenvalue weighted by atomic mass is 35.5. The van der Waals surface area contributed by atoms with Crippen LogP contribution >= 0.6 is 11.6 Å². The van der Waals surface area contributed by atoms with Gasteiger partial charge in [0.15, 0.2) is 0 Å². The van der Waals surface area contributed by atoms with Crippen molar-refractivity contribution in [1.29, 1.82) is 0 Å². The molecule has 30 heavy (non-hydrogen) atoms. The summed E-state index contributed by atoms with van der Waals surface area (Å²) in [5.74, 6) is -1.37. The highest BCUT2D eigenvalue weighted by Crippen LogP contribution is 2.28. The normalized spacial score (nSPS) is 14.2. The van der Waals surface area contributed by atoms with E-state index in [4.69, 9.17) is 11.6 Å². The highest BCUT2D eigenvalue weighted by Gasteiger charge is 2.28. The van der Waals surface area contributed by atoms with E-state index < -0.39 is 21.7 Å². The minimum Gasteiger partial charge on any atom is -0.322 e. The van der Waals surface area contributed by atoms with Crippen molar-refractivity contribution in [3.63, 3.8) is 0 Å². The fourth-order valence-electron chi connectivity index (χ4n) is 3.46. The number of nitrogens with zero attached hydrogens (tertiary/aromatic N) is 1. The summed E-state index contributed by atoms with van der Waals surface area (Å²) in [4.78, 5) is 12.7. The van der Waals surface area contributed by atoms with Crippen molar-refractivity contribution in [2.75, 3.05) is 11.9 Å². The van der Waals surface area contributed by atoms with E-state index >= 15 is 0 Å². The average molecular weight is 445 g/mol. The summed E-state index contributed by atoms with van der Waals surface area (Å²) in [6.45, 7) is 0.567. The van der Waals surface area contributed by atoms with E-state index in [-0.39, 0.29) is 22.0 Å². The van der Waals surface area contributed by atoms with E-state index in [1.165, 1.54) is 22.5 Å². The van der Waals surface area contributed by atoms with Crippen LogP contribution in [0.2, 0.25) is 5.02 Å². The second kappa shape index (κ2) is 8.18. The maximum Gasteiger partial charge on any atom is 0.260 e. The number of anilines is 1. The number of amides is 1. The SMILES string of the molecule is O=C(Nc1ccc2c(c1)CN(S(=O)(=O)c1ccccc1)CC2)c1c(F)cccc1Cl. The third-order valence-corrected chi connectivity index (χ3v) is 7.19. The number of hydrogen-bond acceptors (Lipinski definition) is 3. The molecule has 0 saturated carbocycles. The average Bonchev–Trinajstić information content (AvgIpc) is 2.73. The highest BCUT2D eigenvalue weighted by molar-refractivity contribution is 7.89. The molecule has 4 rings (SSSR count). The van der Waals surface area contributed by atoms with Crippen LogP contribution in [0.4, 0.5) is 10.1 Å². The second-order valence-corrected chi connectivity index (χ2v) is 9.28. The van der Waals surface area contributed by atoms with Crippen LogP contribution in [0.3, 0.4) is 0 Å². The Morgan fingerprint density at radius 3 is 2.50 bits per heavy atom. The third kappa shape index (κ3) is 3.96. The van der Waals surface area contributed by atoms with Crippen molar-refractivity contribution >= 4 is 33.2 Å². The Hall–Kier alpha value is -2.74. The number of rotatable bonds is 4. The number of fused-ring (bicyclic) bond motifs is 1. The molecule has 3 aromatic carbocycles. The van der Waals surface area contributed by atoms with E-state index in [1.807, 2.05) is 6.07 Å². The van der Waals surface area contributed by atoms with Crippen LogP contribution in [0, 0.1) is 5.82 Å². The third-order valence-electron chi connectivity index (χ3n) is 5.01. The van der Waals surface area contributed by atoms with Crippen molar-refractivity contribution in [1.82, 2.24) is 4.31 Å². The molecule has 0 spiro atoms. The molecule has 154 valence electrons. The molecular weight excluding hydrogens is 427 g/mol. The first-order valence-electron chi connectivity index (χ1n) is 9.28. The van der Waals surface area contributed by atoms with Gasteiger partial charge in [-0.25, -0.2) is 12.8 Å². The standard InChI is InChI=1S/C22H18ClFN2O3S/c23-19-7-4-8-20(24)21(19)22(27)25-17-10-9-15-11-12-26(14-16(15)13-17)30(28,29)18-5-2-1-3-6-18/h1-10,13H,11-12,14H2,(H,25,27). The van der Waals surface area contributed by atoms with Crippen molar-refractivity contribution in [2.24, 2.45) is 0 Å². The number of carbonyl (C=O) groups excluding carboxylic acids is 1. The quantitative estimate of drug-likeness (QED) is 0.645. The molecule has 1 aliphatic rings. The van der Waals surface area contributed by atoms with Crippen LogP contribution in [-0.4, -0.2) is 25.2 Å². The molecule has 8 heteroatoms. The van der Waals surface area contributed by atoms with Crippen molar-refractivity contribution in [2.45, 2.75) is 17.9 Å². The molecule has 0 fully saturated rings. The van der Waals surface area contributed by atoms with Gasteiger partial charge in [-0.15, -0.1) is 0 Å². The molecule has 0 bridgehead atoms. The number of benzene rings is 3. The Balaban J connectivity index is 1.57. The Labute approximate surface area is 179 Å². The van der Waals surface area contributed by atoms with Crippen molar-refractivity contribution in [3.8, 4) is 0 Å². The van der Waals surface area contributed by atoms with E-state index in [0.29, 0.717) is 18.7 Å². The van der Waals surface area contributed by atoms with Crippen LogP contribution in [-0.2, 0) is 23.0 Å². The van der Waals surface area contributed by atoms with Crippen molar-refractivity contribution in [3.05, 3.63) is 94.3 Å². The Morgan fingerprint density at radius 2 is 1.77 bits per heavy atom. The van der Waals surface area contributed by atoms with Gasteiger partial charge >= 0.3 is 0 Å². The summed E-state index contributed by atoms with van der Waals surface area (Å²) >= 11 is 5.96. The van der Waals surface area contributed by atoms with Gasteiger partial charge in [-0.05, 0) is 53.9 Å². The molecule has 0 radical (unpaired) electrons. The summed E-state index contributed by atoms with van der Waals surface area (Å²) in [6, 6.07) is 17.6. The molecule has 5 nitrogen and oxygen atoms in total. The van der Waals surface area contributed by atoms with Gasteiger partial charge in [0.05, 0.1) is 15.5 Å². The smallest absolute Gasteiger partial charge is 0.260 e. The number of sulfonamides is 1. The van der Waals surface area contributed by atoms with Gasteiger partial charge in [-0.3, -0.25) is 4.79 Å². The topological polar surface area (TPSA) is 66.5 Å². The second-order valence-electron chi connectivity index (χ2n) is 6.94. The zero-order valence-corrected chi connectivity index (χ0v) is 17.4. The van der Waals surface area contributed by atoms with Crippen LogP contribution < -0.4 is 5.32 Å². The first-order valence-corrected chi connectivity index (χ1v) is 11.1. The molecule has 0 aromatic heterocycles. The predicted octanol–water partition coefficient (Wildman–Crippen LogP) is 4.48. The largest absolute Gasteiger partial charge is 0.322 e. The maximum absolute atomic E-state index is 14.0. The minimum absolute atomic E-state index is 0.0191. The molecule has 1 aliphatic heterocycles. The summed E-state index contributed by atoms with van der Waals surface area (Å²) in [6.07, 6.45) is 0.564. The lowest BCUT2D eigenvalue weighted by molar-refractivity contribution is 0.102. The first-order chi connectivity index (χ1) is 14.4. The summed E-state index contributed by atoms with van der Waals surface area (Å²) in [5, 5.41) is 2.66. The van der Waals surface area contributed by atoms with Gasteiger partial charge in [0.25, 0.3) is 5.91 Å². The lowest BCUT2D eigenvalue weighted by Crippen LogP contribution is -2.36. The zero-order chi connectivity index (χ0) is 21.3. The van der Waals surface area contributed by atoms with E-state index in [2.05, 4.69) is 5.32 Å². The molecule has 1 heterocycles. The van der Waals surface area contributed by atoms with Gasteiger partial charge < -0.3 is 5.32 Å². The fraction of sp³-hybridized carbons (Fsp3) is 0.136. The number of carbonyl (C=O) groups is 1. The predicted molar refractivity (Wildman–Crippen MR) is 114 cm³/mol. The van der Waals surface area contributed by atoms with E-state index in [9.17, 15) is 17.6 Å². The van der Waals surface area contributed by atoms with Crippen LogP contribution in [0.15, 0.2) is 71.6 Å².